The van der Waals surface area contributed by atoms with Crippen LogP contribution in [0.1, 0.15) is 49.7 Å². The quantitative estimate of drug-likeness (QED) is 0.814. The van der Waals surface area contributed by atoms with Crippen molar-refractivity contribution < 1.29 is 12.8 Å². The number of rotatable bonds is 6. The van der Waals surface area contributed by atoms with Gasteiger partial charge in [-0.05, 0) is 55.9 Å². The molecule has 0 spiro atoms. The molecule has 1 aromatic rings. The third-order valence-corrected chi connectivity index (χ3v) is 6.02. The van der Waals surface area contributed by atoms with Crippen LogP contribution in [0.5, 0.6) is 0 Å². The Morgan fingerprint density at radius 1 is 1.19 bits per heavy atom. The van der Waals surface area contributed by atoms with Crippen LogP contribution in [-0.4, -0.2) is 15.0 Å². The van der Waals surface area contributed by atoms with E-state index in [9.17, 15) is 12.8 Å². The molecule has 2 rings (SSSR count). The molecule has 0 radical (unpaired) electrons. The minimum atomic E-state index is -3.55. The summed E-state index contributed by atoms with van der Waals surface area (Å²) < 4.78 is 40.6. The molecule has 1 N–H and O–H groups in total. The van der Waals surface area contributed by atoms with Crippen LogP contribution >= 0.6 is 0 Å². The van der Waals surface area contributed by atoms with Crippen molar-refractivity contribution >= 4 is 10.0 Å². The highest BCUT2D eigenvalue weighted by atomic mass is 32.2. The third kappa shape index (κ3) is 4.27. The van der Waals surface area contributed by atoms with Crippen molar-refractivity contribution in [2.45, 2.75) is 57.3 Å². The summed E-state index contributed by atoms with van der Waals surface area (Å²) >= 11 is 0. The maximum atomic E-state index is 13.3. The van der Waals surface area contributed by atoms with Gasteiger partial charge in [-0.15, -0.1) is 0 Å². The molecule has 0 aliphatic heterocycles. The number of halogens is 1. The number of hydrogen-bond donors (Lipinski definition) is 1. The van der Waals surface area contributed by atoms with E-state index in [1.54, 1.807) is 13.8 Å². The molecule has 5 heteroatoms. The summed E-state index contributed by atoms with van der Waals surface area (Å²) in [5.74, 6) is 0.369. The Balaban J connectivity index is 1.95. The van der Waals surface area contributed by atoms with Crippen molar-refractivity contribution in [3.05, 3.63) is 29.1 Å². The largest absolute Gasteiger partial charge is 0.241 e. The first kappa shape index (κ1) is 16.4. The lowest BCUT2D eigenvalue weighted by Gasteiger charge is -2.13. The Hall–Kier alpha value is -0.940. The van der Waals surface area contributed by atoms with Gasteiger partial charge in [-0.2, -0.15) is 0 Å². The van der Waals surface area contributed by atoms with Gasteiger partial charge in [-0.1, -0.05) is 25.7 Å². The monoisotopic (exact) mass is 313 g/mol. The summed E-state index contributed by atoms with van der Waals surface area (Å²) in [6.07, 6.45) is 7.13. The van der Waals surface area contributed by atoms with Gasteiger partial charge in [0.2, 0.25) is 10.0 Å². The molecule has 0 atom stereocenters. The summed E-state index contributed by atoms with van der Waals surface area (Å²) in [5, 5.41) is 0. The lowest BCUT2D eigenvalue weighted by molar-refractivity contribution is 0.480. The first-order valence-electron chi connectivity index (χ1n) is 7.66. The summed E-state index contributed by atoms with van der Waals surface area (Å²) in [7, 11) is -3.55. The molecule has 0 amide bonds. The van der Waals surface area contributed by atoms with Crippen molar-refractivity contribution in [3.63, 3.8) is 0 Å². The number of nitrogens with one attached hydrogen (secondary N) is 1. The maximum Gasteiger partial charge on any atom is 0.241 e. The van der Waals surface area contributed by atoms with Crippen LogP contribution < -0.4 is 4.72 Å². The zero-order valence-corrected chi connectivity index (χ0v) is 13.6. The van der Waals surface area contributed by atoms with Crippen LogP contribution in [0, 0.1) is 25.6 Å². The minimum absolute atomic E-state index is 0.213. The normalized spacial score (nSPS) is 16.5. The molecular weight excluding hydrogens is 289 g/mol. The van der Waals surface area contributed by atoms with E-state index in [-0.39, 0.29) is 4.90 Å². The molecule has 0 aromatic heterocycles. The molecule has 0 unspecified atom stereocenters. The molecule has 3 nitrogen and oxygen atoms in total. The third-order valence-electron chi connectivity index (χ3n) is 4.25. The Labute approximate surface area is 127 Å². The first-order valence-corrected chi connectivity index (χ1v) is 9.15. The second-order valence-electron chi connectivity index (χ2n) is 6.06. The fraction of sp³-hybridized carbons (Fsp3) is 0.625. The molecule has 0 saturated heterocycles. The first-order chi connectivity index (χ1) is 9.90. The number of sulfonamides is 1. The topological polar surface area (TPSA) is 46.2 Å². The molecule has 1 saturated carbocycles. The molecule has 21 heavy (non-hydrogen) atoms. The van der Waals surface area contributed by atoms with Gasteiger partial charge in [0, 0.05) is 6.54 Å². The van der Waals surface area contributed by atoms with E-state index in [1.165, 1.54) is 37.8 Å². The predicted molar refractivity (Wildman–Crippen MR) is 82.3 cm³/mol. The van der Waals surface area contributed by atoms with Crippen LogP contribution in [-0.2, 0) is 10.0 Å². The molecule has 1 fully saturated rings. The summed E-state index contributed by atoms with van der Waals surface area (Å²) in [6.45, 7) is 3.71. The number of aryl methyl sites for hydroxylation is 2. The summed E-state index contributed by atoms with van der Waals surface area (Å²) in [4.78, 5) is 0.213. The average Bonchev–Trinajstić information content (AvgIpc) is 2.86. The number of benzene rings is 1. The highest BCUT2D eigenvalue weighted by Gasteiger charge is 2.20. The summed E-state index contributed by atoms with van der Waals surface area (Å²) in [5.41, 5.74) is 0.909. The average molecular weight is 313 g/mol. The fourth-order valence-corrected chi connectivity index (χ4v) is 4.81. The molecule has 1 aromatic carbocycles. The van der Waals surface area contributed by atoms with E-state index in [0.717, 1.165) is 18.8 Å². The van der Waals surface area contributed by atoms with Gasteiger partial charge < -0.3 is 0 Å². The van der Waals surface area contributed by atoms with Crippen LogP contribution in [0.25, 0.3) is 0 Å². The smallest absolute Gasteiger partial charge is 0.211 e. The van der Waals surface area contributed by atoms with Crippen molar-refractivity contribution in [1.82, 2.24) is 4.72 Å². The van der Waals surface area contributed by atoms with Crippen LogP contribution in [0.2, 0.25) is 0 Å². The molecular formula is C16H24FNO2S. The maximum absolute atomic E-state index is 13.3. The van der Waals surface area contributed by atoms with E-state index in [1.807, 2.05) is 0 Å². The highest BCUT2D eigenvalue weighted by molar-refractivity contribution is 7.89. The lowest BCUT2D eigenvalue weighted by atomic mass is 10.0. The summed E-state index contributed by atoms with van der Waals surface area (Å²) in [6, 6.07) is 2.53. The number of hydrogen-bond acceptors (Lipinski definition) is 2. The van der Waals surface area contributed by atoms with Crippen molar-refractivity contribution in [2.24, 2.45) is 5.92 Å². The molecule has 0 heterocycles. The SMILES string of the molecule is Cc1cc(F)cc(C)c1S(=O)(=O)NCCCC1CCCC1. The van der Waals surface area contributed by atoms with Crippen LogP contribution in [0.15, 0.2) is 17.0 Å². The Kier molecular flexibility index (Phi) is 5.38. The zero-order chi connectivity index (χ0) is 15.5. The second-order valence-corrected chi connectivity index (χ2v) is 7.76. The van der Waals surface area contributed by atoms with Crippen molar-refractivity contribution in [3.8, 4) is 0 Å². The van der Waals surface area contributed by atoms with Gasteiger partial charge in [-0.25, -0.2) is 17.5 Å². The second kappa shape index (κ2) is 6.88. The molecule has 0 bridgehead atoms. The van der Waals surface area contributed by atoms with E-state index in [0.29, 0.717) is 17.7 Å². The van der Waals surface area contributed by atoms with E-state index >= 15 is 0 Å². The van der Waals surface area contributed by atoms with Gasteiger partial charge >= 0.3 is 0 Å². The standard InChI is InChI=1S/C16H24FNO2S/c1-12-10-15(17)11-13(2)16(12)21(19,20)18-9-5-8-14-6-3-4-7-14/h10-11,14,18H,3-9H2,1-2H3. The molecule has 1 aliphatic rings. The van der Waals surface area contributed by atoms with Gasteiger partial charge in [-0.3, -0.25) is 0 Å². The molecule has 118 valence electrons. The van der Waals surface area contributed by atoms with E-state index < -0.39 is 15.8 Å². The van der Waals surface area contributed by atoms with Gasteiger partial charge in [0.25, 0.3) is 0 Å². The van der Waals surface area contributed by atoms with Crippen molar-refractivity contribution in [2.75, 3.05) is 6.54 Å². The van der Waals surface area contributed by atoms with Crippen LogP contribution in [0.3, 0.4) is 0 Å². The van der Waals surface area contributed by atoms with E-state index in [4.69, 9.17) is 0 Å². The van der Waals surface area contributed by atoms with E-state index in [2.05, 4.69) is 4.72 Å². The predicted octanol–water partition coefficient (Wildman–Crippen LogP) is 3.69. The minimum Gasteiger partial charge on any atom is -0.211 e. The van der Waals surface area contributed by atoms with Gasteiger partial charge in [0.1, 0.15) is 5.82 Å². The van der Waals surface area contributed by atoms with Crippen LogP contribution in [0.4, 0.5) is 4.39 Å². The molecule has 1 aliphatic carbocycles. The zero-order valence-electron chi connectivity index (χ0n) is 12.8. The Morgan fingerprint density at radius 2 is 1.76 bits per heavy atom. The van der Waals surface area contributed by atoms with Gasteiger partial charge in [0.05, 0.1) is 4.90 Å². The van der Waals surface area contributed by atoms with Gasteiger partial charge in [0.15, 0.2) is 0 Å². The fourth-order valence-electron chi connectivity index (χ4n) is 3.29. The lowest BCUT2D eigenvalue weighted by Crippen LogP contribution is -2.26. The highest BCUT2D eigenvalue weighted by Crippen LogP contribution is 2.28. The Bertz CT molecular complexity index is 569. The van der Waals surface area contributed by atoms with Crippen molar-refractivity contribution in [1.29, 1.82) is 0 Å². The Morgan fingerprint density at radius 3 is 2.33 bits per heavy atom.